The third kappa shape index (κ3) is 3.18. The van der Waals surface area contributed by atoms with E-state index in [1.165, 1.54) is 0 Å². The minimum atomic E-state index is -0.142. The van der Waals surface area contributed by atoms with E-state index < -0.39 is 0 Å². The van der Waals surface area contributed by atoms with Crippen LogP contribution in [0, 0.1) is 6.92 Å². The summed E-state index contributed by atoms with van der Waals surface area (Å²) < 4.78 is 3.60. The predicted octanol–water partition coefficient (Wildman–Crippen LogP) is 5.29. The third-order valence-corrected chi connectivity index (χ3v) is 6.07. The molecule has 3 aromatic heterocycles. The quantitative estimate of drug-likeness (QED) is 0.366. The number of aryl methyl sites for hydroxylation is 1. The normalized spacial score (nSPS) is 11.6. The molecule has 0 unspecified atom stereocenters. The van der Waals surface area contributed by atoms with Crippen molar-refractivity contribution < 1.29 is 0 Å². The summed E-state index contributed by atoms with van der Waals surface area (Å²) in [5.74, 6) is 0.618. The number of rotatable bonds is 3. The average Bonchev–Trinajstić information content (AvgIpc) is 3.14. The largest absolute Gasteiger partial charge is 0.292 e. The monoisotopic (exact) mass is 451 g/mol. The molecule has 160 valence electrons. The number of halogens is 1. The number of aromatic nitrogens is 5. The van der Waals surface area contributed by atoms with Gasteiger partial charge < -0.3 is 0 Å². The van der Waals surface area contributed by atoms with E-state index in [4.69, 9.17) is 26.6 Å². The number of hydrogen-bond donors (Lipinski definition) is 0. The van der Waals surface area contributed by atoms with Gasteiger partial charge in [0, 0.05) is 10.7 Å². The van der Waals surface area contributed by atoms with Crippen LogP contribution in [0.2, 0.25) is 5.02 Å². The zero-order chi connectivity index (χ0) is 22.5. The van der Waals surface area contributed by atoms with Crippen LogP contribution in [0.3, 0.4) is 0 Å². The van der Waals surface area contributed by atoms with E-state index in [-0.39, 0.29) is 5.56 Å². The second-order valence-electron chi connectivity index (χ2n) is 7.93. The van der Waals surface area contributed by atoms with Crippen LogP contribution < -0.4 is 5.56 Å². The number of para-hydroxylation sites is 3. The van der Waals surface area contributed by atoms with Crippen LogP contribution in [0.25, 0.3) is 38.9 Å². The maximum atomic E-state index is 13.8. The lowest BCUT2D eigenvalue weighted by molar-refractivity contribution is 0.711. The molecule has 0 aliphatic rings. The topological polar surface area (TPSA) is 65.6 Å². The highest BCUT2D eigenvalue weighted by molar-refractivity contribution is 6.30. The highest BCUT2D eigenvalue weighted by Gasteiger charge is 2.22. The molecular formula is C26H18ClN5O. The van der Waals surface area contributed by atoms with Crippen molar-refractivity contribution in [1.82, 2.24) is 24.1 Å². The lowest BCUT2D eigenvalue weighted by atomic mass is 10.2. The number of fused-ring (bicyclic) bond motifs is 4. The number of nitrogens with zero attached hydrogens (tertiary/aromatic N) is 5. The highest BCUT2D eigenvalue weighted by atomic mass is 35.5. The summed E-state index contributed by atoms with van der Waals surface area (Å²) in [4.78, 5) is 28.4. The molecule has 0 fully saturated rings. The van der Waals surface area contributed by atoms with Crippen molar-refractivity contribution >= 4 is 44.8 Å². The third-order valence-electron chi connectivity index (χ3n) is 5.82. The Morgan fingerprint density at radius 1 is 0.788 bits per heavy atom. The van der Waals surface area contributed by atoms with Gasteiger partial charge in [-0.3, -0.25) is 13.9 Å². The molecule has 0 atom stereocenters. The molecule has 0 saturated heterocycles. The molecule has 3 heterocycles. The smallest absolute Gasteiger partial charge is 0.265 e. The van der Waals surface area contributed by atoms with Crippen molar-refractivity contribution in [2.24, 2.45) is 0 Å². The maximum Gasteiger partial charge on any atom is 0.265 e. The Kier molecular flexibility index (Phi) is 4.48. The van der Waals surface area contributed by atoms with Gasteiger partial charge in [0.1, 0.15) is 16.7 Å². The molecule has 3 aromatic carbocycles. The van der Waals surface area contributed by atoms with E-state index in [1.54, 1.807) is 4.57 Å². The van der Waals surface area contributed by atoms with E-state index in [9.17, 15) is 4.79 Å². The first-order chi connectivity index (χ1) is 16.1. The molecule has 6 nitrogen and oxygen atoms in total. The Hall–Kier alpha value is -4.03. The molecule has 7 heteroatoms. The van der Waals surface area contributed by atoms with Crippen molar-refractivity contribution in [2.45, 2.75) is 13.5 Å². The Labute approximate surface area is 193 Å². The first-order valence-electron chi connectivity index (χ1n) is 10.6. The van der Waals surface area contributed by atoms with Crippen LogP contribution in [0.1, 0.15) is 11.4 Å². The zero-order valence-corrected chi connectivity index (χ0v) is 18.5. The van der Waals surface area contributed by atoms with Gasteiger partial charge in [-0.05, 0) is 48.9 Å². The SMILES string of the molecule is Cc1nc2c(c(=O)n1Cc1ccc(Cl)cc1)c1nc3ccccc3nc1n2-c1ccccc1. The summed E-state index contributed by atoms with van der Waals surface area (Å²) in [7, 11) is 0. The first kappa shape index (κ1) is 19.6. The predicted molar refractivity (Wildman–Crippen MR) is 131 cm³/mol. The molecular weight excluding hydrogens is 434 g/mol. The van der Waals surface area contributed by atoms with Gasteiger partial charge in [-0.15, -0.1) is 0 Å². The summed E-state index contributed by atoms with van der Waals surface area (Å²) in [5, 5.41) is 1.12. The van der Waals surface area contributed by atoms with Gasteiger partial charge >= 0.3 is 0 Å². The van der Waals surface area contributed by atoms with Crippen molar-refractivity contribution in [3.8, 4) is 5.69 Å². The van der Waals surface area contributed by atoms with Crippen molar-refractivity contribution in [3.63, 3.8) is 0 Å². The van der Waals surface area contributed by atoms with Crippen LogP contribution >= 0.6 is 11.6 Å². The van der Waals surface area contributed by atoms with Crippen molar-refractivity contribution in [1.29, 1.82) is 0 Å². The molecule has 0 N–H and O–H groups in total. The van der Waals surface area contributed by atoms with Crippen molar-refractivity contribution in [3.05, 3.63) is 106 Å². The first-order valence-corrected chi connectivity index (χ1v) is 11.0. The molecule has 0 saturated carbocycles. The van der Waals surface area contributed by atoms with Crippen molar-refractivity contribution in [2.75, 3.05) is 0 Å². The summed E-state index contributed by atoms with van der Waals surface area (Å²) in [5.41, 5.74) is 4.93. The highest BCUT2D eigenvalue weighted by Crippen LogP contribution is 2.28. The Morgan fingerprint density at radius 3 is 2.18 bits per heavy atom. The second-order valence-corrected chi connectivity index (χ2v) is 8.37. The van der Waals surface area contributed by atoms with E-state index in [0.717, 1.165) is 22.3 Å². The Bertz CT molecular complexity index is 1720. The van der Waals surface area contributed by atoms with Gasteiger partial charge in [0.2, 0.25) is 0 Å². The van der Waals surface area contributed by atoms with Gasteiger partial charge in [-0.1, -0.05) is 54.1 Å². The summed E-state index contributed by atoms with van der Waals surface area (Å²) in [6.07, 6.45) is 0. The molecule has 0 radical (unpaired) electrons. The number of benzene rings is 3. The lowest BCUT2D eigenvalue weighted by Gasteiger charge is -2.11. The molecule has 0 spiro atoms. The standard InChI is InChI=1S/C26H18ClN5O/c1-16-28-24-22(26(33)31(16)15-17-11-13-18(27)14-12-17)23-25(32(24)19-7-3-2-4-8-19)30-21-10-6-5-9-20(21)29-23/h2-14H,15H2,1H3. The van der Waals surface area contributed by atoms with Crippen LogP contribution in [-0.2, 0) is 6.54 Å². The molecule has 33 heavy (non-hydrogen) atoms. The molecule has 0 bridgehead atoms. The van der Waals surface area contributed by atoms with Crippen LogP contribution in [0.15, 0.2) is 83.7 Å². The van der Waals surface area contributed by atoms with Gasteiger partial charge in [-0.2, -0.15) is 0 Å². The van der Waals surface area contributed by atoms with E-state index >= 15 is 0 Å². The van der Waals surface area contributed by atoms with E-state index in [0.29, 0.717) is 39.6 Å². The lowest BCUT2D eigenvalue weighted by Crippen LogP contribution is -2.24. The van der Waals surface area contributed by atoms with Crippen LogP contribution in [0.5, 0.6) is 0 Å². The van der Waals surface area contributed by atoms with Gasteiger partial charge in [0.15, 0.2) is 11.3 Å². The van der Waals surface area contributed by atoms with E-state index in [2.05, 4.69) is 0 Å². The second kappa shape index (κ2) is 7.53. The van der Waals surface area contributed by atoms with Gasteiger partial charge in [0.25, 0.3) is 5.56 Å². The molecule has 0 aliphatic heterocycles. The molecule has 6 rings (SSSR count). The summed E-state index contributed by atoms with van der Waals surface area (Å²) in [6.45, 7) is 2.24. The van der Waals surface area contributed by atoms with Crippen LogP contribution in [0.4, 0.5) is 0 Å². The number of hydrogen-bond acceptors (Lipinski definition) is 4. The van der Waals surface area contributed by atoms with Gasteiger partial charge in [-0.25, -0.2) is 15.0 Å². The molecule has 0 aliphatic carbocycles. The zero-order valence-electron chi connectivity index (χ0n) is 17.7. The van der Waals surface area contributed by atoms with E-state index in [1.807, 2.05) is 90.4 Å². The maximum absolute atomic E-state index is 13.8. The Morgan fingerprint density at radius 2 is 1.45 bits per heavy atom. The fourth-order valence-electron chi connectivity index (χ4n) is 4.21. The minimum absolute atomic E-state index is 0.142. The molecule has 0 amide bonds. The fourth-order valence-corrected chi connectivity index (χ4v) is 4.34. The fraction of sp³-hybridized carbons (Fsp3) is 0.0769. The Balaban J connectivity index is 1.71. The molecule has 6 aromatic rings. The summed E-state index contributed by atoms with van der Waals surface area (Å²) >= 11 is 6.03. The summed E-state index contributed by atoms with van der Waals surface area (Å²) in [6, 6.07) is 25.0. The average molecular weight is 452 g/mol. The van der Waals surface area contributed by atoms with Gasteiger partial charge in [0.05, 0.1) is 17.6 Å². The van der Waals surface area contributed by atoms with Crippen LogP contribution in [-0.4, -0.2) is 24.1 Å². The minimum Gasteiger partial charge on any atom is -0.292 e.